The highest BCUT2D eigenvalue weighted by Crippen LogP contribution is 2.23. The fraction of sp³-hybridized carbons (Fsp3) is 0. The normalized spacial score (nSPS) is 11.0. The molecule has 0 fully saturated rings. The van der Waals surface area contributed by atoms with Gasteiger partial charge >= 0.3 is 0 Å². The van der Waals surface area contributed by atoms with Crippen molar-refractivity contribution in [3.63, 3.8) is 0 Å². The summed E-state index contributed by atoms with van der Waals surface area (Å²) < 4.78 is 0.630. The number of hydrogen-bond donors (Lipinski definition) is 0. The molecule has 0 radical (unpaired) electrons. The van der Waals surface area contributed by atoms with Crippen molar-refractivity contribution in [1.82, 2.24) is 9.97 Å². The van der Waals surface area contributed by atoms with Gasteiger partial charge in [0.15, 0.2) is 4.73 Å². The molecule has 0 aliphatic carbocycles. The van der Waals surface area contributed by atoms with E-state index in [9.17, 15) is 0 Å². The highest BCUT2D eigenvalue weighted by Gasteiger charge is 2.01. The van der Waals surface area contributed by atoms with Gasteiger partial charge in [0.25, 0.3) is 0 Å². The molecule has 2 nitrogen and oxygen atoms in total. The monoisotopic (exact) mass is 258 g/mol. The Morgan fingerprint density at radius 2 is 1.80 bits per heavy atom. The maximum atomic E-state index is 4.33. The van der Waals surface area contributed by atoms with Crippen molar-refractivity contribution in [3.05, 3.63) is 47.3 Å². The van der Waals surface area contributed by atoms with E-state index in [1.54, 1.807) is 0 Å². The van der Waals surface area contributed by atoms with Crippen LogP contribution in [0.1, 0.15) is 0 Å². The van der Waals surface area contributed by atoms with E-state index in [4.69, 9.17) is 0 Å². The Bertz CT molecular complexity index is 649. The minimum atomic E-state index is 0.630. The zero-order valence-corrected chi connectivity index (χ0v) is 9.40. The van der Waals surface area contributed by atoms with Crippen LogP contribution in [0, 0.1) is 0 Å². The van der Waals surface area contributed by atoms with Crippen molar-refractivity contribution in [3.8, 4) is 0 Å². The van der Waals surface area contributed by atoms with Crippen LogP contribution in [0.4, 0.5) is 0 Å². The number of fused-ring (bicyclic) bond motifs is 3. The number of nitrogens with zero attached hydrogens (tertiary/aromatic N) is 2. The summed E-state index contributed by atoms with van der Waals surface area (Å²) in [7, 11) is 0. The summed E-state index contributed by atoms with van der Waals surface area (Å²) in [6, 6.07) is 12.4. The molecule has 0 saturated heterocycles. The molecule has 3 heteroatoms. The molecule has 3 rings (SSSR count). The molecule has 0 aliphatic rings. The molecular formula is C12H7BrN2. The van der Waals surface area contributed by atoms with Crippen molar-refractivity contribution < 1.29 is 0 Å². The summed E-state index contributed by atoms with van der Waals surface area (Å²) >= 11 is 3.27. The van der Waals surface area contributed by atoms with Crippen LogP contribution in [0.3, 0.4) is 0 Å². The van der Waals surface area contributed by atoms with Crippen molar-refractivity contribution >= 4 is 37.6 Å². The third-order valence-electron chi connectivity index (χ3n) is 2.46. The van der Waals surface area contributed by atoms with Crippen molar-refractivity contribution in [2.24, 2.45) is 0 Å². The first-order valence-electron chi connectivity index (χ1n) is 4.64. The number of rotatable bonds is 0. The molecule has 0 unspecified atom stereocenters. The smallest absolute Gasteiger partial charge is 0.197 e. The molecular weight excluding hydrogens is 252 g/mol. The maximum absolute atomic E-state index is 4.33. The van der Waals surface area contributed by atoms with Gasteiger partial charge in [0.1, 0.15) is 0 Å². The molecule has 3 aromatic rings. The minimum Gasteiger partial charge on any atom is -0.230 e. The van der Waals surface area contributed by atoms with Crippen molar-refractivity contribution in [2.45, 2.75) is 0 Å². The van der Waals surface area contributed by atoms with Crippen LogP contribution in [-0.4, -0.2) is 9.97 Å². The van der Waals surface area contributed by atoms with Gasteiger partial charge in [-0.05, 0) is 32.8 Å². The Hall–Kier alpha value is -1.48. The summed E-state index contributed by atoms with van der Waals surface area (Å²) in [5.41, 5.74) is 0.968. The zero-order valence-electron chi connectivity index (χ0n) is 7.81. The molecule has 2 aromatic carbocycles. The second-order valence-corrected chi connectivity index (χ2v) is 4.07. The van der Waals surface area contributed by atoms with Crippen LogP contribution >= 0.6 is 15.9 Å². The van der Waals surface area contributed by atoms with E-state index in [2.05, 4.69) is 44.1 Å². The van der Waals surface area contributed by atoms with E-state index in [-0.39, 0.29) is 0 Å². The van der Waals surface area contributed by atoms with Gasteiger partial charge < -0.3 is 0 Å². The minimum absolute atomic E-state index is 0.630. The van der Waals surface area contributed by atoms with Gasteiger partial charge in [0, 0.05) is 11.6 Å². The van der Waals surface area contributed by atoms with Crippen LogP contribution in [0.15, 0.2) is 47.3 Å². The van der Waals surface area contributed by atoms with Crippen LogP contribution < -0.4 is 0 Å². The molecule has 0 spiro atoms. The first-order valence-corrected chi connectivity index (χ1v) is 5.44. The quantitative estimate of drug-likeness (QED) is 0.455. The Morgan fingerprint density at radius 3 is 2.73 bits per heavy atom. The van der Waals surface area contributed by atoms with Gasteiger partial charge in [-0.15, -0.1) is 0 Å². The molecule has 0 N–H and O–H groups in total. The van der Waals surface area contributed by atoms with Gasteiger partial charge in [-0.2, -0.15) is 0 Å². The van der Waals surface area contributed by atoms with Crippen LogP contribution in [0.2, 0.25) is 0 Å². The standard InChI is InChI=1S/C12H7BrN2/c13-12-14-7-10-9-4-2-1-3-8(9)5-6-11(10)15-12/h1-7H. The SMILES string of the molecule is Brc1ncc2c(ccc3ccccc32)n1. The first-order chi connectivity index (χ1) is 7.34. The summed E-state index contributed by atoms with van der Waals surface area (Å²) in [4.78, 5) is 8.49. The van der Waals surface area contributed by atoms with Crippen LogP contribution in [-0.2, 0) is 0 Å². The van der Waals surface area contributed by atoms with Crippen molar-refractivity contribution in [1.29, 1.82) is 0 Å². The van der Waals surface area contributed by atoms with Gasteiger partial charge in [0.2, 0.25) is 0 Å². The molecule has 0 bridgehead atoms. The maximum Gasteiger partial charge on any atom is 0.197 e. The van der Waals surface area contributed by atoms with Gasteiger partial charge in [-0.3, -0.25) is 0 Å². The molecule has 0 saturated carbocycles. The van der Waals surface area contributed by atoms with E-state index < -0.39 is 0 Å². The lowest BCUT2D eigenvalue weighted by atomic mass is 10.1. The van der Waals surface area contributed by atoms with E-state index in [0.29, 0.717) is 4.73 Å². The molecule has 1 aromatic heterocycles. The fourth-order valence-electron chi connectivity index (χ4n) is 1.76. The largest absolute Gasteiger partial charge is 0.230 e. The van der Waals surface area contributed by atoms with E-state index in [1.807, 2.05) is 24.4 Å². The van der Waals surface area contributed by atoms with Gasteiger partial charge in [-0.25, -0.2) is 9.97 Å². The topological polar surface area (TPSA) is 25.8 Å². The highest BCUT2D eigenvalue weighted by molar-refractivity contribution is 9.10. The van der Waals surface area contributed by atoms with Crippen molar-refractivity contribution in [2.75, 3.05) is 0 Å². The van der Waals surface area contributed by atoms with E-state index in [0.717, 1.165) is 10.9 Å². The highest BCUT2D eigenvalue weighted by atomic mass is 79.9. The Labute approximate surface area is 95.1 Å². The van der Waals surface area contributed by atoms with E-state index >= 15 is 0 Å². The zero-order chi connectivity index (χ0) is 10.3. The lowest BCUT2D eigenvalue weighted by Crippen LogP contribution is -1.85. The van der Waals surface area contributed by atoms with Crippen LogP contribution in [0.25, 0.3) is 21.7 Å². The van der Waals surface area contributed by atoms with Crippen LogP contribution in [0.5, 0.6) is 0 Å². The predicted octanol–water partition coefficient (Wildman–Crippen LogP) is 3.55. The lowest BCUT2D eigenvalue weighted by molar-refractivity contribution is 1.16. The second kappa shape index (κ2) is 3.28. The van der Waals surface area contributed by atoms with Gasteiger partial charge in [-0.1, -0.05) is 30.3 Å². The average Bonchev–Trinajstić information content (AvgIpc) is 2.28. The fourth-order valence-corrected chi connectivity index (χ4v) is 2.06. The lowest BCUT2D eigenvalue weighted by Gasteiger charge is -2.02. The third kappa shape index (κ3) is 1.39. The van der Waals surface area contributed by atoms with Gasteiger partial charge in [0.05, 0.1) is 5.52 Å². The summed E-state index contributed by atoms with van der Waals surface area (Å²) in [6.45, 7) is 0. The Kier molecular flexibility index (Phi) is 1.92. The number of halogens is 1. The summed E-state index contributed by atoms with van der Waals surface area (Å²) in [5.74, 6) is 0. The summed E-state index contributed by atoms with van der Waals surface area (Å²) in [5, 5.41) is 3.51. The molecule has 15 heavy (non-hydrogen) atoms. The first kappa shape index (κ1) is 8.80. The summed E-state index contributed by atoms with van der Waals surface area (Å²) in [6.07, 6.45) is 1.86. The number of benzene rings is 2. The van der Waals surface area contributed by atoms with E-state index in [1.165, 1.54) is 10.8 Å². The third-order valence-corrected chi connectivity index (χ3v) is 2.84. The number of hydrogen-bond acceptors (Lipinski definition) is 2. The molecule has 0 amide bonds. The molecule has 0 atom stereocenters. The molecule has 0 aliphatic heterocycles. The number of aromatic nitrogens is 2. The Balaban J connectivity index is 2.55. The Morgan fingerprint density at radius 1 is 0.933 bits per heavy atom. The predicted molar refractivity (Wildman–Crippen MR) is 64.7 cm³/mol. The average molecular weight is 259 g/mol. The molecule has 1 heterocycles. The molecule has 72 valence electrons. The second-order valence-electron chi connectivity index (χ2n) is 3.36.